The molecule has 1 aromatic carbocycles. The quantitative estimate of drug-likeness (QED) is 0.592. The number of ether oxygens (including phenoxy) is 6. The molecular weight excluding hydrogens is 460 g/mol. The van der Waals surface area contributed by atoms with Gasteiger partial charge in [0.1, 0.15) is 30.5 Å². The van der Waals surface area contributed by atoms with E-state index in [4.69, 9.17) is 28.4 Å². The van der Waals surface area contributed by atoms with Crippen LogP contribution in [0.3, 0.4) is 0 Å². The molecule has 0 aliphatic carbocycles. The Labute approximate surface area is 205 Å². The van der Waals surface area contributed by atoms with E-state index >= 15 is 0 Å². The Kier molecular flexibility index (Phi) is 10.0. The minimum absolute atomic E-state index is 0.0157. The summed E-state index contributed by atoms with van der Waals surface area (Å²) in [6.07, 6.45) is -3.27. The molecular formula is C25H36O10. The molecule has 0 radical (unpaired) electrons. The van der Waals surface area contributed by atoms with Crippen molar-refractivity contribution in [2.75, 3.05) is 19.8 Å². The monoisotopic (exact) mass is 496 g/mol. The van der Waals surface area contributed by atoms with Gasteiger partial charge in [0.05, 0.1) is 25.9 Å². The molecule has 9 atom stereocenters. The van der Waals surface area contributed by atoms with Gasteiger partial charge in [-0.15, -0.1) is 0 Å². The van der Waals surface area contributed by atoms with Gasteiger partial charge in [-0.1, -0.05) is 44.2 Å². The molecule has 0 bridgehead atoms. The predicted molar refractivity (Wildman–Crippen MR) is 122 cm³/mol. The van der Waals surface area contributed by atoms with Gasteiger partial charge in [0.25, 0.3) is 0 Å². The fourth-order valence-electron chi connectivity index (χ4n) is 4.51. The number of esters is 2. The fourth-order valence-corrected chi connectivity index (χ4v) is 4.51. The molecule has 0 aromatic heterocycles. The van der Waals surface area contributed by atoms with Crippen LogP contribution in [0.2, 0.25) is 0 Å². The topological polar surface area (TPSA) is 130 Å². The summed E-state index contributed by atoms with van der Waals surface area (Å²) in [7, 11) is 0. The maximum Gasteiger partial charge on any atom is 0.303 e. The number of aliphatic hydroxyl groups excluding tert-OH is 2. The van der Waals surface area contributed by atoms with Gasteiger partial charge in [-0.2, -0.15) is 0 Å². The number of carbonyl (C=O) groups excluding carboxylic acids is 2. The van der Waals surface area contributed by atoms with Crippen molar-refractivity contribution in [2.45, 2.75) is 83.1 Å². The third-order valence-corrected chi connectivity index (χ3v) is 6.31. The van der Waals surface area contributed by atoms with Crippen LogP contribution in [0.5, 0.6) is 0 Å². The van der Waals surface area contributed by atoms with E-state index in [1.165, 1.54) is 13.8 Å². The second-order valence-electron chi connectivity index (χ2n) is 8.97. The first-order valence-electron chi connectivity index (χ1n) is 12.0. The van der Waals surface area contributed by atoms with Crippen molar-refractivity contribution >= 4 is 11.9 Å². The minimum Gasteiger partial charge on any atom is -0.458 e. The number of hydrogen-bond acceptors (Lipinski definition) is 10. The van der Waals surface area contributed by atoms with Gasteiger partial charge in [-0.05, 0) is 6.42 Å². The van der Waals surface area contributed by atoms with E-state index < -0.39 is 42.8 Å². The van der Waals surface area contributed by atoms with Gasteiger partial charge < -0.3 is 38.6 Å². The highest BCUT2D eigenvalue weighted by Gasteiger charge is 2.44. The number of aliphatic hydroxyl groups is 2. The predicted octanol–water partition coefficient (Wildman–Crippen LogP) is 1.52. The Hall–Kier alpha value is -2.08. The summed E-state index contributed by atoms with van der Waals surface area (Å²) in [5, 5.41) is 19.5. The van der Waals surface area contributed by atoms with Crippen LogP contribution in [0.1, 0.15) is 46.0 Å². The molecule has 3 aliphatic rings. The summed E-state index contributed by atoms with van der Waals surface area (Å²) in [5.74, 6) is -0.740. The van der Waals surface area contributed by atoms with Crippen molar-refractivity contribution in [2.24, 2.45) is 5.92 Å². The van der Waals surface area contributed by atoms with E-state index in [1.54, 1.807) is 0 Å². The van der Waals surface area contributed by atoms with Crippen LogP contribution in [0.25, 0.3) is 0 Å². The summed E-state index contributed by atoms with van der Waals surface area (Å²) >= 11 is 0. The molecule has 1 unspecified atom stereocenters. The average Bonchev–Trinajstić information content (AvgIpc) is 2.84. The van der Waals surface area contributed by atoms with Crippen molar-refractivity contribution in [3.05, 3.63) is 35.9 Å². The summed E-state index contributed by atoms with van der Waals surface area (Å²) < 4.78 is 32.6. The van der Waals surface area contributed by atoms with Crippen molar-refractivity contribution < 1.29 is 48.2 Å². The van der Waals surface area contributed by atoms with E-state index in [0.29, 0.717) is 6.61 Å². The third kappa shape index (κ3) is 7.22. The van der Waals surface area contributed by atoms with Gasteiger partial charge in [0, 0.05) is 25.3 Å². The molecule has 3 fully saturated rings. The molecule has 3 aliphatic heterocycles. The molecule has 0 spiro atoms. The highest BCUT2D eigenvalue weighted by Crippen LogP contribution is 2.32. The molecule has 0 amide bonds. The van der Waals surface area contributed by atoms with Crippen molar-refractivity contribution in [3.8, 4) is 0 Å². The number of rotatable bonds is 4. The zero-order valence-electron chi connectivity index (χ0n) is 20.6. The first-order valence-corrected chi connectivity index (χ1v) is 12.0. The SMILES string of the molecule is CC[C@H]1OC[C@H](OC(C)=O)[C@@H](OC(C)=O)[C@@H]1C.O[C@H]1[C@@H]2OC(c3ccccc3)OC[C@H]2OC[C@@H]1O. The lowest BCUT2D eigenvalue weighted by molar-refractivity contribution is -0.314. The van der Waals surface area contributed by atoms with E-state index in [9.17, 15) is 19.8 Å². The van der Waals surface area contributed by atoms with Crippen LogP contribution in [0.4, 0.5) is 0 Å². The van der Waals surface area contributed by atoms with Crippen molar-refractivity contribution in [3.63, 3.8) is 0 Å². The number of hydrogen-bond donors (Lipinski definition) is 2. The van der Waals surface area contributed by atoms with Crippen molar-refractivity contribution in [1.82, 2.24) is 0 Å². The molecule has 4 rings (SSSR count). The first-order chi connectivity index (χ1) is 16.7. The smallest absolute Gasteiger partial charge is 0.303 e. The van der Waals surface area contributed by atoms with Crippen LogP contribution in [-0.4, -0.2) is 84.7 Å². The highest BCUT2D eigenvalue weighted by atomic mass is 16.7. The van der Waals surface area contributed by atoms with Crippen LogP contribution >= 0.6 is 0 Å². The lowest BCUT2D eigenvalue weighted by Gasteiger charge is -2.43. The van der Waals surface area contributed by atoms with E-state index in [2.05, 4.69) is 0 Å². The Morgan fingerprint density at radius 2 is 1.66 bits per heavy atom. The van der Waals surface area contributed by atoms with Gasteiger partial charge in [-0.25, -0.2) is 0 Å². The molecule has 2 N–H and O–H groups in total. The second-order valence-corrected chi connectivity index (χ2v) is 8.97. The standard InChI is InChI=1S/C13H16O5.C12H20O5/c14-9-6-16-10-7-17-13(18-12(10)11(9)15)8-4-2-1-3-5-8;1-5-10-7(2)12(17-9(4)14)11(6-15-10)16-8(3)13/h1-5,9-15H,6-7H2;7,10-12H,5-6H2,1-4H3/t9-,10+,11+,12+,13?;7-,10-,11+,12+/m01/s1. The summed E-state index contributed by atoms with van der Waals surface area (Å²) in [4.78, 5) is 22.1. The first kappa shape index (κ1) is 27.5. The average molecular weight is 497 g/mol. The van der Waals surface area contributed by atoms with E-state index in [1.807, 2.05) is 44.2 Å². The summed E-state index contributed by atoms with van der Waals surface area (Å²) in [6, 6.07) is 9.51. The summed E-state index contributed by atoms with van der Waals surface area (Å²) in [5.41, 5.74) is 0.892. The normalized spacial score (nSPS) is 36.7. The molecule has 1 aromatic rings. The van der Waals surface area contributed by atoms with Crippen LogP contribution in [0, 0.1) is 5.92 Å². The lowest BCUT2D eigenvalue weighted by Crippen LogP contribution is -2.58. The number of carbonyl (C=O) groups is 2. The van der Waals surface area contributed by atoms with Crippen LogP contribution < -0.4 is 0 Å². The lowest BCUT2D eigenvalue weighted by atomic mass is 9.90. The second kappa shape index (κ2) is 12.8. The Balaban J connectivity index is 0.000000196. The van der Waals surface area contributed by atoms with Gasteiger partial charge >= 0.3 is 11.9 Å². The maximum atomic E-state index is 11.1. The molecule has 196 valence electrons. The van der Waals surface area contributed by atoms with E-state index in [0.717, 1.165) is 12.0 Å². The van der Waals surface area contributed by atoms with Gasteiger partial charge in [-0.3, -0.25) is 9.59 Å². The Bertz CT molecular complexity index is 816. The highest BCUT2D eigenvalue weighted by molar-refractivity contribution is 5.67. The number of benzene rings is 1. The Morgan fingerprint density at radius 1 is 0.971 bits per heavy atom. The zero-order valence-corrected chi connectivity index (χ0v) is 20.6. The number of fused-ring (bicyclic) bond motifs is 1. The maximum absolute atomic E-state index is 11.1. The zero-order chi connectivity index (χ0) is 25.5. The van der Waals surface area contributed by atoms with Gasteiger partial charge in [0.2, 0.25) is 0 Å². The summed E-state index contributed by atoms with van der Waals surface area (Å²) in [6.45, 7) is 7.39. The Morgan fingerprint density at radius 3 is 2.29 bits per heavy atom. The van der Waals surface area contributed by atoms with Crippen molar-refractivity contribution in [1.29, 1.82) is 0 Å². The van der Waals surface area contributed by atoms with Gasteiger partial charge in [0.15, 0.2) is 12.4 Å². The molecule has 3 heterocycles. The molecule has 35 heavy (non-hydrogen) atoms. The fraction of sp³-hybridized carbons (Fsp3) is 0.680. The molecule has 3 saturated heterocycles. The third-order valence-electron chi connectivity index (χ3n) is 6.31. The van der Waals surface area contributed by atoms with Crippen LogP contribution in [-0.2, 0) is 38.0 Å². The molecule has 10 nitrogen and oxygen atoms in total. The van der Waals surface area contributed by atoms with Crippen LogP contribution in [0.15, 0.2) is 30.3 Å². The minimum atomic E-state index is -0.932. The largest absolute Gasteiger partial charge is 0.458 e. The molecule has 10 heteroatoms. The molecule has 0 saturated carbocycles. The van der Waals surface area contributed by atoms with E-state index in [-0.39, 0.29) is 37.3 Å².